The molecule has 0 unspecified atom stereocenters. The average molecular weight is 443 g/mol. The van der Waals surface area contributed by atoms with Crippen LogP contribution in [0.2, 0.25) is 0 Å². The molecule has 0 saturated heterocycles. The summed E-state index contributed by atoms with van der Waals surface area (Å²) in [6.07, 6.45) is 0.907. The summed E-state index contributed by atoms with van der Waals surface area (Å²) in [5.74, 6) is -0.336. The Balaban J connectivity index is 0.00000441. The highest BCUT2D eigenvalue weighted by molar-refractivity contribution is 14.0. The number of halogens is 2. The molecule has 0 aliphatic rings. The molecule has 1 aromatic rings. The maximum atomic E-state index is 13.5. The molecule has 126 valence electrons. The van der Waals surface area contributed by atoms with Gasteiger partial charge in [-0.05, 0) is 25.5 Å². The molecule has 0 atom stereocenters. The average Bonchev–Trinajstić information content (AvgIpc) is 2.45. The Kier molecular flexibility index (Phi) is 10.3. The van der Waals surface area contributed by atoms with Crippen molar-refractivity contribution in [2.45, 2.75) is 25.2 Å². The number of nitrogens with one attached hydrogen (secondary N) is 2. The Morgan fingerprint density at radius 2 is 1.91 bits per heavy atom. The molecule has 0 aliphatic carbocycles. The highest BCUT2D eigenvalue weighted by Gasteiger charge is 2.18. The zero-order chi connectivity index (χ0) is 15.7. The van der Waals surface area contributed by atoms with Crippen LogP contribution in [0.3, 0.4) is 0 Å². The van der Waals surface area contributed by atoms with E-state index >= 15 is 0 Å². The summed E-state index contributed by atoms with van der Waals surface area (Å²) in [6.45, 7) is 5.46. The lowest BCUT2D eigenvalue weighted by molar-refractivity contribution is 0.566. The minimum atomic E-state index is -3.64. The second-order valence-corrected chi connectivity index (χ2v) is 6.51. The van der Waals surface area contributed by atoms with Crippen molar-refractivity contribution in [2.24, 2.45) is 4.99 Å². The van der Waals surface area contributed by atoms with Crippen LogP contribution in [-0.4, -0.2) is 39.8 Å². The van der Waals surface area contributed by atoms with Crippen LogP contribution in [0.25, 0.3) is 0 Å². The lowest BCUT2D eigenvalue weighted by Gasteiger charge is -2.11. The van der Waals surface area contributed by atoms with E-state index in [1.807, 2.05) is 13.8 Å². The second-order valence-electron chi connectivity index (χ2n) is 4.44. The Hall–Kier alpha value is -0.900. The summed E-state index contributed by atoms with van der Waals surface area (Å²) >= 11 is 0. The maximum absolute atomic E-state index is 13.5. The minimum Gasteiger partial charge on any atom is -0.357 e. The third-order valence-corrected chi connectivity index (χ3v) is 4.42. The zero-order valence-corrected chi connectivity index (χ0v) is 15.9. The lowest BCUT2D eigenvalue weighted by atomic mass is 10.3. The van der Waals surface area contributed by atoms with Gasteiger partial charge in [-0.25, -0.2) is 12.8 Å². The van der Waals surface area contributed by atoms with Crippen LogP contribution in [0.4, 0.5) is 4.39 Å². The van der Waals surface area contributed by atoms with Crippen LogP contribution in [0.5, 0.6) is 0 Å². The van der Waals surface area contributed by atoms with Gasteiger partial charge in [0.1, 0.15) is 10.7 Å². The van der Waals surface area contributed by atoms with Gasteiger partial charge in [-0.3, -0.25) is 4.99 Å². The van der Waals surface area contributed by atoms with E-state index in [9.17, 15) is 12.8 Å². The van der Waals surface area contributed by atoms with E-state index in [0.29, 0.717) is 19.0 Å². The molecule has 0 fully saturated rings. The van der Waals surface area contributed by atoms with Gasteiger partial charge in [-0.15, -0.1) is 24.0 Å². The smallest absolute Gasteiger partial charge is 0.191 e. The van der Waals surface area contributed by atoms with Crippen LogP contribution in [0, 0.1) is 5.82 Å². The number of sulfone groups is 1. The Labute approximate surface area is 148 Å². The number of hydrogen-bond acceptors (Lipinski definition) is 3. The van der Waals surface area contributed by atoms with E-state index in [-0.39, 0.29) is 41.2 Å². The van der Waals surface area contributed by atoms with E-state index in [0.717, 1.165) is 12.5 Å². The largest absolute Gasteiger partial charge is 0.357 e. The normalized spacial score (nSPS) is 11.7. The first kappa shape index (κ1) is 21.1. The predicted molar refractivity (Wildman–Crippen MR) is 98.1 cm³/mol. The molecule has 8 heteroatoms. The summed E-state index contributed by atoms with van der Waals surface area (Å²) in [5.41, 5.74) is 0. The van der Waals surface area contributed by atoms with Gasteiger partial charge in [0, 0.05) is 19.6 Å². The van der Waals surface area contributed by atoms with Crippen molar-refractivity contribution in [2.75, 3.05) is 25.4 Å². The number of benzene rings is 1. The number of hydrogen-bond donors (Lipinski definition) is 2. The molecular weight excluding hydrogens is 420 g/mol. The van der Waals surface area contributed by atoms with E-state index in [4.69, 9.17) is 0 Å². The fraction of sp³-hybridized carbons (Fsp3) is 0.500. The first-order chi connectivity index (χ1) is 10.0. The predicted octanol–water partition coefficient (Wildman–Crippen LogP) is 2.18. The summed E-state index contributed by atoms with van der Waals surface area (Å²) in [7, 11) is -3.64. The number of aliphatic imine (C=N–C) groups is 1. The first-order valence-electron chi connectivity index (χ1n) is 7.00. The number of guanidine groups is 1. The summed E-state index contributed by atoms with van der Waals surface area (Å²) in [4.78, 5) is 4.01. The van der Waals surface area contributed by atoms with Gasteiger partial charge >= 0.3 is 0 Å². The highest BCUT2D eigenvalue weighted by atomic mass is 127. The van der Waals surface area contributed by atoms with Crippen LogP contribution in [0.1, 0.15) is 20.3 Å². The molecule has 1 rings (SSSR count). The van der Waals surface area contributed by atoms with Crippen molar-refractivity contribution < 1.29 is 12.8 Å². The summed E-state index contributed by atoms with van der Waals surface area (Å²) in [6, 6.07) is 5.40. The third kappa shape index (κ3) is 6.91. The molecule has 0 saturated carbocycles. The van der Waals surface area contributed by atoms with Crippen LogP contribution >= 0.6 is 24.0 Å². The molecule has 22 heavy (non-hydrogen) atoms. The van der Waals surface area contributed by atoms with Crippen molar-refractivity contribution in [3.8, 4) is 0 Å². The second kappa shape index (κ2) is 10.8. The Bertz CT molecular complexity index is 579. The molecule has 0 amide bonds. The molecule has 2 N–H and O–H groups in total. The molecule has 0 spiro atoms. The van der Waals surface area contributed by atoms with Crippen molar-refractivity contribution in [1.82, 2.24) is 10.6 Å². The Morgan fingerprint density at radius 1 is 1.23 bits per heavy atom. The third-order valence-electron chi connectivity index (χ3n) is 2.67. The van der Waals surface area contributed by atoms with E-state index in [2.05, 4.69) is 15.6 Å². The van der Waals surface area contributed by atoms with Crippen molar-refractivity contribution in [3.63, 3.8) is 0 Å². The molecule has 0 radical (unpaired) electrons. The quantitative estimate of drug-likeness (QED) is 0.385. The van der Waals surface area contributed by atoms with Crippen molar-refractivity contribution in [3.05, 3.63) is 30.1 Å². The van der Waals surface area contributed by atoms with E-state index in [1.165, 1.54) is 18.2 Å². The number of nitrogens with zero attached hydrogens (tertiary/aromatic N) is 1. The van der Waals surface area contributed by atoms with Crippen molar-refractivity contribution >= 4 is 39.8 Å². The van der Waals surface area contributed by atoms with Gasteiger partial charge in [-0.2, -0.15) is 0 Å². The van der Waals surface area contributed by atoms with E-state index in [1.54, 1.807) is 0 Å². The summed E-state index contributed by atoms with van der Waals surface area (Å²) < 4.78 is 37.7. The monoisotopic (exact) mass is 443 g/mol. The van der Waals surface area contributed by atoms with Gasteiger partial charge in [0.2, 0.25) is 0 Å². The van der Waals surface area contributed by atoms with Gasteiger partial charge in [0.25, 0.3) is 0 Å². The Morgan fingerprint density at radius 3 is 2.50 bits per heavy atom. The lowest BCUT2D eigenvalue weighted by Crippen LogP contribution is -2.39. The van der Waals surface area contributed by atoms with Gasteiger partial charge in [0.05, 0.1) is 5.75 Å². The van der Waals surface area contributed by atoms with Gasteiger partial charge in [0.15, 0.2) is 15.8 Å². The topological polar surface area (TPSA) is 70.6 Å². The van der Waals surface area contributed by atoms with Crippen LogP contribution < -0.4 is 10.6 Å². The standard InChI is InChI=1S/C14H22FN3O2S.HI/c1-3-9-17-14(16-4-2)18-10-11-21(19,20)13-8-6-5-7-12(13)15;/h5-8H,3-4,9-11H2,1-2H3,(H2,16,17,18);1H. The minimum absolute atomic E-state index is 0. The maximum Gasteiger partial charge on any atom is 0.191 e. The van der Waals surface area contributed by atoms with E-state index < -0.39 is 15.7 Å². The number of rotatable bonds is 7. The van der Waals surface area contributed by atoms with Gasteiger partial charge < -0.3 is 10.6 Å². The summed E-state index contributed by atoms with van der Waals surface area (Å²) in [5, 5.41) is 5.96. The molecule has 5 nitrogen and oxygen atoms in total. The molecule has 0 aromatic heterocycles. The molecular formula is C14H23FIN3O2S. The fourth-order valence-corrected chi connectivity index (χ4v) is 2.92. The molecule has 1 aromatic carbocycles. The molecule has 0 aliphatic heterocycles. The fourth-order valence-electron chi connectivity index (χ4n) is 1.68. The first-order valence-corrected chi connectivity index (χ1v) is 8.66. The van der Waals surface area contributed by atoms with Crippen molar-refractivity contribution in [1.29, 1.82) is 0 Å². The highest BCUT2D eigenvalue weighted by Crippen LogP contribution is 2.14. The van der Waals surface area contributed by atoms with Crippen LogP contribution in [-0.2, 0) is 9.84 Å². The molecule has 0 heterocycles. The SMILES string of the molecule is CCCN=C(NCC)NCCS(=O)(=O)c1ccccc1F.I. The van der Waals surface area contributed by atoms with Gasteiger partial charge in [-0.1, -0.05) is 19.1 Å². The van der Waals surface area contributed by atoms with Crippen LogP contribution in [0.15, 0.2) is 34.2 Å². The zero-order valence-electron chi connectivity index (χ0n) is 12.8. The molecule has 0 bridgehead atoms.